The fraction of sp³-hybridized carbons (Fsp3) is 0.111. The average Bonchev–Trinajstić information content (AvgIpc) is 3.06. The van der Waals surface area contributed by atoms with Gasteiger partial charge in [-0.1, -0.05) is 24.2 Å². The molecule has 0 radical (unpaired) electrons. The topological polar surface area (TPSA) is 39.8 Å². The first-order valence-corrected chi connectivity index (χ1v) is 7.92. The number of nitrogens with zero attached hydrogens (tertiary/aromatic N) is 3. The van der Waals surface area contributed by atoms with Gasteiger partial charge in [0.05, 0.1) is 28.8 Å². The molecule has 0 unspecified atom stereocenters. The van der Waals surface area contributed by atoms with Crippen molar-refractivity contribution in [1.82, 2.24) is 14.3 Å². The molecule has 0 atom stereocenters. The summed E-state index contributed by atoms with van der Waals surface area (Å²) in [6.07, 6.45) is 3.07. The molecule has 0 aliphatic heterocycles. The summed E-state index contributed by atoms with van der Waals surface area (Å²) in [4.78, 5) is 12.4. The largest absolute Gasteiger partial charge is 0.305 e. The molecule has 0 amide bonds. The second-order valence-corrected chi connectivity index (χ2v) is 5.65. The highest BCUT2D eigenvalue weighted by molar-refractivity contribution is 6.30. The summed E-state index contributed by atoms with van der Waals surface area (Å²) in [5.74, 6) is -1.56. The summed E-state index contributed by atoms with van der Waals surface area (Å²) >= 11 is 6.06. The van der Waals surface area contributed by atoms with Crippen LogP contribution in [0.5, 0.6) is 0 Å². The van der Waals surface area contributed by atoms with E-state index in [0.29, 0.717) is 5.69 Å². The van der Waals surface area contributed by atoms with E-state index in [-0.39, 0.29) is 28.5 Å². The molecule has 1 aromatic carbocycles. The number of hydrogen-bond acceptors (Lipinski definition) is 2. The Labute approximate surface area is 147 Å². The summed E-state index contributed by atoms with van der Waals surface area (Å²) < 4.78 is 31.6. The van der Waals surface area contributed by atoms with E-state index in [0.717, 1.165) is 12.1 Å². The predicted octanol–water partition coefficient (Wildman–Crippen LogP) is 4.30. The van der Waals surface area contributed by atoms with Crippen LogP contribution in [0.25, 0.3) is 23.0 Å². The molecule has 0 saturated carbocycles. The van der Waals surface area contributed by atoms with E-state index in [1.165, 1.54) is 27.6 Å². The standard InChI is InChI=1S/C18H14ClF2N3O/c1-3-11-8-9-22-24(11)15-10-12(19)18(25)23(4-2)17(15)16-13(20)6-5-7-14(16)21/h3,5-10H,1,4H2,2H3. The second-order valence-electron chi connectivity index (χ2n) is 5.24. The monoisotopic (exact) mass is 361 g/mol. The van der Waals surface area contributed by atoms with Gasteiger partial charge in [0.1, 0.15) is 16.7 Å². The highest BCUT2D eigenvalue weighted by Gasteiger charge is 2.23. The molecular weight excluding hydrogens is 348 g/mol. The molecule has 3 aromatic rings. The van der Waals surface area contributed by atoms with Gasteiger partial charge < -0.3 is 4.57 Å². The van der Waals surface area contributed by atoms with E-state index in [1.54, 1.807) is 19.1 Å². The SMILES string of the molecule is C=Cc1ccnn1-c1cc(Cl)c(=O)n(CC)c1-c1c(F)cccc1F. The first kappa shape index (κ1) is 17.1. The van der Waals surface area contributed by atoms with Gasteiger partial charge in [0, 0.05) is 6.54 Å². The van der Waals surface area contributed by atoms with Crippen LogP contribution in [0, 0.1) is 11.6 Å². The minimum absolute atomic E-state index is 0.0668. The molecule has 0 aliphatic carbocycles. The lowest BCUT2D eigenvalue weighted by atomic mass is 10.1. The second kappa shape index (κ2) is 6.64. The van der Waals surface area contributed by atoms with Crippen molar-refractivity contribution < 1.29 is 8.78 Å². The third kappa shape index (κ3) is 2.78. The highest BCUT2D eigenvalue weighted by atomic mass is 35.5. The van der Waals surface area contributed by atoms with Crippen LogP contribution in [0.15, 0.2) is 47.9 Å². The lowest BCUT2D eigenvalue weighted by molar-refractivity contribution is 0.583. The van der Waals surface area contributed by atoms with Crippen LogP contribution in [0.4, 0.5) is 8.78 Å². The molecule has 0 bridgehead atoms. The summed E-state index contributed by atoms with van der Waals surface area (Å²) in [5.41, 5.74) is 0.113. The van der Waals surface area contributed by atoms with E-state index >= 15 is 0 Å². The molecule has 0 aliphatic rings. The number of halogens is 3. The van der Waals surface area contributed by atoms with Gasteiger partial charge in [0.25, 0.3) is 5.56 Å². The van der Waals surface area contributed by atoms with E-state index in [9.17, 15) is 13.6 Å². The van der Waals surface area contributed by atoms with E-state index in [4.69, 9.17) is 11.6 Å². The summed E-state index contributed by atoms with van der Waals surface area (Å²) in [6.45, 7) is 5.58. The van der Waals surface area contributed by atoms with Crippen molar-refractivity contribution in [1.29, 1.82) is 0 Å². The van der Waals surface area contributed by atoms with Crippen molar-refractivity contribution >= 4 is 17.7 Å². The summed E-state index contributed by atoms with van der Waals surface area (Å²) in [6, 6.07) is 6.58. The lowest BCUT2D eigenvalue weighted by Gasteiger charge is -2.18. The van der Waals surface area contributed by atoms with Gasteiger partial charge in [-0.15, -0.1) is 0 Å². The van der Waals surface area contributed by atoms with Crippen LogP contribution >= 0.6 is 11.6 Å². The molecule has 0 spiro atoms. The van der Waals surface area contributed by atoms with Crippen molar-refractivity contribution in [3.63, 3.8) is 0 Å². The molecular formula is C18H14ClF2N3O. The Kier molecular flexibility index (Phi) is 4.55. The zero-order valence-electron chi connectivity index (χ0n) is 13.3. The predicted molar refractivity (Wildman–Crippen MR) is 94.0 cm³/mol. The van der Waals surface area contributed by atoms with Gasteiger partial charge in [0.15, 0.2) is 0 Å². The van der Waals surface area contributed by atoms with Crippen LogP contribution in [-0.2, 0) is 6.54 Å². The first-order chi connectivity index (χ1) is 12.0. The van der Waals surface area contributed by atoms with Crippen molar-refractivity contribution in [2.45, 2.75) is 13.5 Å². The van der Waals surface area contributed by atoms with Gasteiger partial charge in [0.2, 0.25) is 0 Å². The Morgan fingerprint density at radius 1 is 1.28 bits per heavy atom. The summed E-state index contributed by atoms with van der Waals surface area (Å²) in [5, 5.41) is 4.11. The van der Waals surface area contributed by atoms with Gasteiger partial charge in [-0.3, -0.25) is 4.79 Å². The number of aromatic nitrogens is 3. The number of rotatable bonds is 4. The Hall–Kier alpha value is -2.73. The zero-order valence-corrected chi connectivity index (χ0v) is 14.1. The van der Waals surface area contributed by atoms with Crippen molar-refractivity contribution in [3.05, 3.63) is 75.8 Å². The van der Waals surface area contributed by atoms with Crippen molar-refractivity contribution in [2.75, 3.05) is 0 Å². The maximum atomic E-state index is 14.5. The van der Waals surface area contributed by atoms with Crippen LogP contribution in [-0.4, -0.2) is 14.3 Å². The molecule has 2 heterocycles. The molecule has 3 rings (SSSR count). The minimum Gasteiger partial charge on any atom is -0.305 e. The third-order valence-electron chi connectivity index (χ3n) is 3.85. The van der Waals surface area contributed by atoms with Crippen LogP contribution < -0.4 is 5.56 Å². The van der Waals surface area contributed by atoms with Crippen molar-refractivity contribution in [3.8, 4) is 16.9 Å². The molecule has 0 fully saturated rings. The fourth-order valence-corrected chi connectivity index (χ4v) is 2.94. The number of pyridine rings is 1. The molecule has 25 heavy (non-hydrogen) atoms. The number of hydrogen-bond donors (Lipinski definition) is 0. The Bertz CT molecular complexity index is 1000. The molecule has 7 heteroatoms. The molecule has 0 saturated heterocycles. The van der Waals surface area contributed by atoms with E-state index < -0.39 is 17.2 Å². The van der Waals surface area contributed by atoms with Crippen LogP contribution in [0.1, 0.15) is 12.6 Å². The summed E-state index contributed by atoms with van der Waals surface area (Å²) in [7, 11) is 0. The van der Waals surface area contributed by atoms with Gasteiger partial charge >= 0.3 is 0 Å². The highest BCUT2D eigenvalue weighted by Crippen LogP contribution is 2.32. The van der Waals surface area contributed by atoms with E-state index in [1.807, 2.05) is 0 Å². The quantitative estimate of drug-likeness (QED) is 0.695. The molecule has 4 nitrogen and oxygen atoms in total. The average molecular weight is 362 g/mol. The number of benzene rings is 1. The Morgan fingerprint density at radius 3 is 2.56 bits per heavy atom. The van der Waals surface area contributed by atoms with Crippen molar-refractivity contribution in [2.24, 2.45) is 0 Å². The third-order valence-corrected chi connectivity index (χ3v) is 4.12. The molecule has 2 aromatic heterocycles. The van der Waals surface area contributed by atoms with E-state index in [2.05, 4.69) is 11.7 Å². The van der Waals surface area contributed by atoms with Crippen LogP contribution in [0.2, 0.25) is 5.02 Å². The normalized spacial score (nSPS) is 10.9. The molecule has 128 valence electrons. The smallest absolute Gasteiger partial charge is 0.269 e. The Morgan fingerprint density at radius 2 is 1.96 bits per heavy atom. The molecule has 0 N–H and O–H groups in total. The van der Waals surface area contributed by atoms with Gasteiger partial charge in [-0.05, 0) is 37.3 Å². The fourth-order valence-electron chi connectivity index (χ4n) is 2.74. The Balaban J connectivity index is 2.50. The van der Waals surface area contributed by atoms with Gasteiger partial charge in [-0.2, -0.15) is 5.10 Å². The minimum atomic E-state index is -0.780. The zero-order chi connectivity index (χ0) is 18.1. The maximum Gasteiger partial charge on any atom is 0.269 e. The maximum absolute atomic E-state index is 14.5. The van der Waals surface area contributed by atoms with Gasteiger partial charge in [-0.25, -0.2) is 13.5 Å². The first-order valence-electron chi connectivity index (χ1n) is 7.54. The lowest BCUT2D eigenvalue weighted by Crippen LogP contribution is -2.24. The van der Waals surface area contributed by atoms with Crippen LogP contribution in [0.3, 0.4) is 0 Å².